The molecule has 2 rings (SSSR count). The predicted octanol–water partition coefficient (Wildman–Crippen LogP) is 3.41. The molecular weight excluding hydrogens is 322 g/mol. The molecule has 0 fully saturated rings. The van der Waals surface area contributed by atoms with Crippen LogP contribution in [0.1, 0.15) is 50.4 Å². The first-order chi connectivity index (χ1) is 12.5. The van der Waals surface area contributed by atoms with Crippen molar-refractivity contribution >= 4 is 11.6 Å². The summed E-state index contributed by atoms with van der Waals surface area (Å²) >= 11 is 0. The molecular formula is C22H28N3O+. The monoisotopic (exact) mass is 350 g/mol. The number of hydrogen-bond acceptors (Lipinski definition) is 2. The van der Waals surface area contributed by atoms with Crippen LogP contribution in [0.25, 0.3) is 0 Å². The summed E-state index contributed by atoms with van der Waals surface area (Å²) < 4.78 is 0. The SMILES string of the molecule is CCc1ccc([C@@H]([NH2+][C@H](C)C(=O)Nc2ccccc2C#N)C(C)C)cc1. The molecule has 3 N–H and O–H groups in total. The molecule has 2 aromatic rings. The standard InChI is InChI=1S/C22H27N3O/c1-5-17-10-12-18(13-11-17)21(15(2)3)24-16(4)22(26)25-20-9-7-6-8-19(20)14-23/h6-13,15-16,21,24H,5H2,1-4H3,(H,25,26)/p+1/t16-,21+/m1/s1. The van der Waals surface area contributed by atoms with Crippen LogP contribution in [-0.4, -0.2) is 11.9 Å². The zero-order valence-electron chi connectivity index (χ0n) is 16.0. The van der Waals surface area contributed by atoms with E-state index in [1.807, 2.05) is 13.0 Å². The third-order valence-corrected chi connectivity index (χ3v) is 4.71. The molecule has 0 aliphatic rings. The van der Waals surface area contributed by atoms with Crippen molar-refractivity contribution in [1.29, 1.82) is 5.26 Å². The van der Waals surface area contributed by atoms with Crippen molar-refractivity contribution in [3.05, 3.63) is 65.2 Å². The summed E-state index contributed by atoms with van der Waals surface area (Å²) in [5.74, 6) is 0.299. The van der Waals surface area contributed by atoms with Crippen molar-refractivity contribution < 1.29 is 10.1 Å². The summed E-state index contributed by atoms with van der Waals surface area (Å²) in [6, 6.07) is 17.8. The average molecular weight is 350 g/mol. The Hall–Kier alpha value is -2.64. The van der Waals surface area contributed by atoms with Gasteiger partial charge >= 0.3 is 0 Å². The van der Waals surface area contributed by atoms with E-state index in [9.17, 15) is 10.1 Å². The second-order valence-electron chi connectivity index (χ2n) is 6.99. The van der Waals surface area contributed by atoms with E-state index < -0.39 is 0 Å². The highest BCUT2D eigenvalue weighted by Crippen LogP contribution is 2.19. The Morgan fingerprint density at radius 1 is 1.12 bits per heavy atom. The molecule has 136 valence electrons. The van der Waals surface area contributed by atoms with Crippen LogP contribution in [-0.2, 0) is 11.2 Å². The van der Waals surface area contributed by atoms with E-state index in [0.717, 1.165) is 6.42 Å². The van der Waals surface area contributed by atoms with E-state index in [-0.39, 0.29) is 18.0 Å². The number of hydrogen-bond donors (Lipinski definition) is 2. The maximum absolute atomic E-state index is 12.6. The normalized spacial score (nSPS) is 13.1. The van der Waals surface area contributed by atoms with E-state index in [4.69, 9.17) is 0 Å². The van der Waals surface area contributed by atoms with Crippen molar-refractivity contribution in [2.45, 2.75) is 46.2 Å². The molecule has 26 heavy (non-hydrogen) atoms. The highest BCUT2D eigenvalue weighted by molar-refractivity contribution is 5.94. The number of amides is 1. The molecule has 0 saturated carbocycles. The van der Waals surface area contributed by atoms with Gasteiger partial charge in [0.15, 0.2) is 6.04 Å². The van der Waals surface area contributed by atoms with Crippen LogP contribution >= 0.6 is 0 Å². The van der Waals surface area contributed by atoms with Crippen LogP contribution in [0.3, 0.4) is 0 Å². The zero-order valence-corrected chi connectivity index (χ0v) is 16.0. The molecule has 0 aliphatic heterocycles. The van der Waals surface area contributed by atoms with Crippen LogP contribution in [0.5, 0.6) is 0 Å². The topological polar surface area (TPSA) is 69.5 Å². The van der Waals surface area contributed by atoms with E-state index in [2.05, 4.69) is 61.7 Å². The van der Waals surface area contributed by atoms with Gasteiger partial charge in [-0.1, -0.05) is 57.2 Å². The lowest BCUT2D eigenvalue weighted by molar-refractivity contribution is -0.718. The Morgan fingerprint density at radius 2 is 1.77 bits per heavy atom. The molecule has 0 saturated heterocycles. The van der Waals surface area contributed by atoms with Gasteiger partial charge in [0.25, 0.3) is 5.91 Å². The fourth-order valence-electron chi connectivity index (χ4n) is 3.03. The third kappa shape index (κ3) is 4.93. The number of anilines is 1. The van der Waals surface area contributed by atoms with Crippen LogP contribution in [0.15, 0.2) is 48.5 Å². The molecule has 4 heteroatoms. The molecule has 0 radical (unpaired) electrons. The summed E-state index contributed by atoms with van der Waals surface area (Å²) in [4.78, 5) is 12.6. The summed E-state index contributed by atoms with van der Waals surface area (Å²) in [5.41, 5.74) is 3.58. The molecule has 2 aromatic carbocycles. The van der Waals surface area contributed by atoms with Gasteiger partial charge < -0.3 is 10.6 Å². The number of aryl methyl sites for hydroxylation is 1. The molecule has 0 aliphatic carbocycles. The molecule has 4 nitrogen and oxygen atoms in total. The summed E-state index contributed by atoms with van der Waals surface area (Å²) in [6.07, 6.45) is 1.02. The van der Waals surface area contributed by atoms with Crippen molar-refractivity contribution in [3.8, 4) is 6.07 Å². The maximum Gasteiger partial charge on any atom is 0.282 e. The number of nitrogens with two attached hydrogens (primary N) is 1. The average Bonchev–Trinajstić information content (AvgIpc) is 2.66. The molecule has 0 unspecified atom stereocenters. The van der Waals surface area contributed by atoms with Crippen LogP contribution in [0.4, 0.5) is 5.69 Å². The molecule has 1 amide bonds. The van der Waals surface area contributed by atoms with E-state index >= 15 is 0 Å². The van der Waals surface area contributed by atoms with Gasteiger partial charge in [-0.3, -0.25) is 4.79 Å². The minimum absolute atomic E-state index is 0.0940. The fourth-order valence-corrected chi connectivity index (χ4v) is 3.03. The number of rotatable bonds is 7. The van der Waals surface area contributed by atoms with Gasteiger partial charge in [0.1, 0.15) is 12.1 Å². The van der Waals surface area contributed by atoms with Gasteiger partial charge in [-0.25, -0.2) is 0 Å². The van der Waals surface area contributed by atoms with Crippen LogP contribution in [0.2, 0.25) is 0 Å². The largest absolute Gasteiger partial charge is 0.330 e. The van der Waals surface area contributed by atoms with Crippen LogP contribution in [0, 0.1) is 17.2 Å². The Kier molecular flexibility index (Phi) is 6.94. The minimum atomic E-state index is -0.264. The maximum atomic E-state index is 12.6. The van der Waals surface area contributed by atoms with Crippen molar-refractivity contribution in [1.82, 2.24) is 0 Å². The summed E-state index contributed by atoms with van der Waals surface area (Å²) in [6.45, 7) is 8.39. The summed E-state index contributed by atoms with van der Waals surface area (Å²) in [7, 11) is 0. The van der Waals surface area contributed by atoms with Gasteiger partial charge in [0.2, 0.25) is 0 Å². The predicted molar refractivity (Wildman–Crippen MR) is 105 cm³/mol. The molecule has 2 atom stereocenters. The minimum Gasteiger partial charge on any atom is -0.330 e. The highest BCUT2D eigenvalue weighted by atomic mass is 16.2. The first kappa shape index (κ1) is 19.7. The number of benzene rings is 2. The van der Waals surface area contributed by atoms with Crippen molar-refractivity contribution in [2.24, 2.45) is 5.92 Å². The second kappa shape index (κ2) is 9.17. The van der Waals surface area contributed by atoms with Gasteiger partial charge in [0.05, 0.1) is 11.3 Å². The Labute approximate surface area is 156 Å². The number of carbonyl (C=O) groups excluding carboxylic acids is 1. The number of carbonyl (C=O) groups is 1. The second-order valence-corrected chi connectivity index (χ2v) is 6.99. The molecule has 0 heterocycles. The van der Waals surface area contributed by atoms with Gasteiger partial charge in [-0.15, -0.1) is 0 Å². The number of quaternary nitrogens is 1. The van der Waals surface area contributed by atoms with Gasteiger partial charge in [-0.05, 0) is 31.0 Å². The Bertz CT molecular complexity index is 775. The zero-order chi connectivity index (χ0) is 19.1. The number of nitrogens with one attached hydrogen (secondary N) is 1. The molecule has 0 aromatic heterocycles. The Balaban J connectivity index is 2.10. The van der Waals surface area contributed by atoms with Crippen molar-refractivity contribution in [2.75, 3.05) is 5.32 Å². The number of nitrogens with zero attached hydrogens (tertiary/aromatic N) is 1. The molecule has 0 bridgehead atoms. The number of nitriles is 1. The van der Waals surface area contributed by atoms with Gasteiger partial charge in [0, 0.05) is 11.5 Å². The van der Waals surface area contributed by atoms with Crippen LogP contribution < -0.4 is 10.6 Å². The summed E-state index contributed by atoms with van der Waals surface area (Å²) in [5, 5.41) is 14.2. The van der Waals surface area contributed by atoms with E-state index in [1.165, 1.54) is 11.1 Å². The lowest BCUT2D eigenvalue weighted by Gasteiger charge is -2.23. The van der Waals surface area contributed by atoms with Gasteiger partial charge in [-0.2, -0.15) is 5.26 Å². The number of para-hydroxylation sites is 1. The fraction of sp³-hybridized carbons (Fsp3) is 0.364. The van der Waals surface area contributed by atoms with Crippen molar-refractivity contribution in [3.63, 3.8) is 0 Å². The first-order valence-electron chi connectivity index (χ1n) is 9.20. The van der Waals surface area contributed by atoms with E-state index in [0.29, 0.717) is 17.2 Å². The lowest BCUT2D eigenvalue weighted by atomic mass is 9.94. The third-order valence-electron chi connectivity index (χ3n) is 4.71. The highest BCUT2D eigenvalue weighted by Gasteiger charge is 2.26. The Morgan fingerprint density at radius 3 is 2.35 bits per heavy atom. The van der Waals surface area contributed by atoms with E-state index in [1.54, 1.807) is 18.2 Å². The molecule has 0 spiro atoms. The lowest BCUT2D eigenvalue weighted by Crippen LogP contribution is -2.93. The quantitative estimate of drug-likeness (QED) is 0.803. The first-order valence-corrected chi connectivity index (χ1v) is 9.20. The smallest absolute Gasteiger partial charge is 0.282 e.